The topological polar surface area (TPSA) is 121 Å². The van der Waals surface area contributed by atoms with Gasteiger partial charge in [0.05, 0.1) is 64.2 Å². The van der Waals surface area contributed by atoms with E-state index in [-0.39, 0.29) is 24.7 Å². The molecule has 10 nitrogen and oxygen atoms in total. The monoisotopic (exact) mass is 550 g/mol. The summed E-state index contributed by atoms with van der Waals surface area (Å²) < 4.78 is 34.2. The van der Waals surface area contributed by atoms with Crippen molar-refractivity contribution in [1.29, 1.82) is 0 Å². The fraction of sp³-hybridized carbons (Fsp3) is 0.333. The SMILES string of the molecule is Oc1ccccc1C=Nc1cc2c(cc1N=Cc1ccccc1O)OCCOCCOCCOCCOCCO2. The molecule has 0 radical (unpaired) electrons. The highest BCUT2D eigenvalue weighted by atomic mass is 16.6. The lowest BCUT2D eigenvalue weighted by molar-refractivity contribution is -0.00841. The summed E-state index contributed by atoms with van der Waals surface area (Å²) in [4.78, 5) is 9.19. The van der Waals surface area contributed by atoms with Gasteiger partial charge in [-0.3, -0.25) is 9.98 Å². The van der Waals surface area contributed by atoms with Gasteiger partial charge in [0.15, 0.2) is 11.5 Å². The molecule has 0 spiro atoms. The fourth-order valence-electron chi connectivity index (χ4n) is 3.63. The summed E-state index contributed by atoms with van der Waals surface area (Å²) in [5, 5.41) is 20.4. The molecule has 3 aromatic carbocycles. The molecule has 1 aliphatic rings. The number of nitrogens with zero attached hydrogens (tertiary/aromatic N) is 2. The molecule has 3 aromatic rings. The van der Waals surface area contributed by atoms with Crippen LogP contribution >= 0.6 is 0 Å². The molecule has 0 atom stereocenters. The van der Waals surface area contributed by atoms with Crippen LogP contribution in [-0.2, 0) is 18.9 Å². The smallest absolute Gasteiger partial charge is 0.163 e. The summed E-state index contributed by atoms with van der Waals surface area (Å²) in [5.41, 5.74) is 2.04. The molecular formula is C30H34N2O8. The van der Waals surface area contributed by atoms with E-state index in [0.717, 1.165) is 0 Å². The summed E-state index contributed by atoms with van der Waals surface area (Å²) >= 11 is 0. The Morgan fingerprint density at radius 2 is 0.850 bits per heavy atom. The third-order valence-corrected chi connectivity index (χ3v) is 5.69. The van der Waals surface area contributed by atoms with Crippen molar-refractivity contribution in [2.24, 2.45) is 9.98 Å². The number of fused-ring (bicyclic) bond motifs is 1. The minimum Gasteiger partial charge on any atom is -0.507 e. The van der Waals surface area contributed by atoms with Gasteiger partial charge >= 0.3 is 0 Å². The second kappa shape index (κ2) is 16.2. The van der Waals surface area contributed by atoms with E-state index in [0.29, 0.717) is 86.9 Å². The van der Waals surface area contributed by atoms with Crippen LogP contribution in [0.25, 0.3) is 0 Å². The molecule has 0 aromatic heterocycles. The zero-order valence-corrected chi connectivity index (χ0v) is 22.2. The van der Waals surface area contributed by atoms with E-state index in [2.05, 4.69) is 9.98 Å². The van der Waals surface area contributed by atoms with Crippen LogP contribution in [0.3, 0.4) is 0 Å². The van der Waals surface area contributed by atoms with E-state index in [4.69, 9.17) is 28.4 Å². The molecule has 40 heavy (non-hydrogen) atoms. The predicted molar refractivity (Wildman–Crippen MR) is 151 cm³/mol. The van der Waals surface area contributed by atoms with Gasteiger partial charge in [-0.2, -0.15) is 0 Å². The molecule has 0 amide bonds. The molecule has 0 saturated carbocycles. The number of hydrogen-bond donors (Lipinski definition) is 2. The van der Waals surface area contributed by atoms with Crippen LogP contribution in [0, 0.1) is 0 Å². The lowest BCUT2D eigenvalue weighted by Gasteiger charge is -2.16. The van der Waals surface area contributed by atoms with Crippen LogP contribution in [0.1, 0.15) is 11.1 Å². The molecule has 0 unspecified atom stereocenters. The molecule has 0 aliphatic carbocycles. The van der Waals surface area contributed by atoms with Crippen LogP contribution in [0.5, 0.6) is 23.0 Å². The molecule has 212 valence electrons. The van der Waals surface area contributed by atoms with Crippen molar-refractivity contribution in [1.82, 2.24) is 0 Å². The Bertz CT molecular complexity index is 1170. The Hall–Kier alpha value is -3.96. The molecule has 10 heteroatoms. The first-order chi connectivity index (χ1) is 19.7. The molecule has 1 aliphatic heterocycles. The van der Waals surface area contributed by atoms with Gasteiger partial charge in [0, 0.05) is 35.7 Å². The maximum atomic E-state index is 10.2. The Kier molecular flexibility index (Phi) is 11.8. The second-order valence-corrected chi connectivity index (χ2v) is 8.57. The minimum atomic E-state index is 0.105. The number of phenolic OH excluding ortho intramolecular Hbond substituents is 2. The number of ether oxygens (including phenoxy) is 6. The highest BCUT2D eigenvalue weighted by Gasteiger charge is 2.13. The maximum Gasteiger partial charge on any atom is 0.163 e. The number of aliphatic imine (C=N–C) groups is 2. The van der Waals surface area contributed by atoms with Crippen molar-refractivity contribution in [3.05, 3.63) is 71.8 Å². The summed E-state index contributed by atoms with van der Waals surface area (Å²) in [6.45, 7) is 4.05. The normalized spacial score (nSPS) is 16.5. The van der Waals surface area contributed by atoms with Crippen molar-refractivity contribution in [3.63, 3.8) is 0 Å². The molecule has 4 rings (SSSR count). The highest BCUT2D eigenvalue weighted by molar-refractivity contribution is 5.90. The predicted octanol–water partition coefficient (Wildman–Crippen LogP) is 4.44. The molecular weight excluding hydrogens is 516 g/mol. The third kappa shape index (κ3) is 9.35. The van der Waals surface area contributed by atoms with Gasteiger partial charge in [-0.1, -0.05) is 24.3 Å². The lowest BCUT2D eigenvalue weighted by atomic mass is 10.2. The Morgan fingerprint density at radius 3 is 1.23 bits per heavy atom. The first kappa shape index (κ1) is 29.0. The van der Waals surface area contributed by atoms with Gasteiger partial charge in [-0.05, 0) is 24.3 Å². The number of hydrogen-bond acceptors (Lipinski definition) is 10. The maximum absolute atomic E-state index is 10.2. The van der Waals surface area contributed by atoms with Crippen molar-refractivity contribution in [3.8, 4) is 23.0 Å². The lowest BCUT2D eigenvalue weighted by Crippen LogP contribution is -2.16. The van der Waals surface area contributed by atoms with E-state index in [1.807, 2.05) is 12.1 Å². The zero-order valence-electron chi connectivity index (χ0n) is 22.2. The van der Waals surface area contributed by atoms with Gasteiger partial charge < -0.3 is 38.6 Å². The van der Waals surface area contributed by atoms with Gasteiger partial charge in [-0.25, -0.2) is 0 Å². The number of rotatable bonds is 4. The molecule has 1 heterocycles. The van der Waals surface area contributed by atoms with E-state index < -0.39 is 0 Å². The van der Waals surface area contributed by atoms with E-state index in [9.17, 15) is 10.2 Å². The van der Waals surface area contributed by atoms with E-state index in [1.54, 1.807) is 61.0 Å². The number of para-hydroxylation sites is 2. The average molecular weight is 551 g/mol. The Balaban J connectivity index is 1.62. The van der Waals surface area contributed by atoms with E-state index in [1.165, 1.54) is 0 Å². The van der Waals surface area contributed by atoms with Gasteiger partial charge in [0.2, 0.25) is 0 Å². The number of benzene rings is 3. The summed E-state index contributed by atoms with van der Waals surface area (Å²) in [7, 11) is 0. The number of aromatic hydroxyl groups is 2. The van der Waals surface area contributed by atoms with Crippen LogP contribution in [0.4, 0.5) is 11.4 Å². The van der Waals surface area contributed by atoms with Gasteiger partial charge in [0.1, 0.15) is 24.7 Å². The van der Waals surface area contributed by atoms with Crippen molar-refractivity contribution >= 4 is 23.8 Å². The first-order valence-corrected chi connectivity index (χ1v) is 13.1. The van der Waals surface area contributed by atoms with Gasteiger partial charge in [-0.15, -0.1) is 0 Å². The quantitative estimate of drug-likeness (QED) is 0.458. The van der Waals surface area contributed by atoms with Crippen LogP contribution < -0.4 is 9.47 Å². The first-order valence-electron chi connectivity index (χ1n) is 13.1. The molecule has 2 N–H and O–H groups in total. The largest absolute Gasteiger partial charge is 0.507 e. The Labute approximate surface area is 233 Å². The van der Waals surface area contributed by atoms with Crippen LogP contribution in [-0.4, -0.2) is 88.7 Å². The molecule has 0 saturated heterocycles. The average Bonchev–Trinajstić information content (AvgIpc) is 2.96. The summed E-state index contributed by atoms with van der Waals surface area (Å²) in [6.07, 6.45) is 3.11. The zero-order chi connectivity index (χ0) is 27.8. The molecule has 0 bridgehead atoms. The standard InChI is InChI=1S/C30H34N2O8/c33-27-7-3-1-5-23(27)21-31-25-19-29-30(20-26(25)32-22-24-6-2-4-8-28(24)34)40-18-16-38-14-12-36-10-9-35-11-13-37-15-17-39-29/h1-8,19-22,33-34H,9-18H2. The minimum absolute atomic E-state index is 0.105. The summed E-state index contributed by atoms with van der Waals surface area (Å²) in [6, 6.07) is 17.2. The Morgan fingerprint density at radius 1 is 0.500 bits per heavy atom. The second-order valence-electron chi connectivity index (χ2n) is 8.57. The highest BCUT2D eigenvalue weighted by Crippen LogP contribution is 2.40. The van der Waals surface area contributed by atoms with Crippen molar-refractivity contribution in [2.75, 3.05) is 66.1 Å². The van der Waals surface area contributed by atoms with Crippen molar-refractivity contribution in [2.45, 2.75) is 0 Å². The van der Waals surface area contributed by atoms with Crippen LogP contribution in [0.15, 0.2) is 70.6 Å². The van der Waals surface area contributed by atoms with Crippen molar-refractivity contribution < 1.29 is 38.6 Å². The van der Waals surface area contributed by atoms with E-state index >= 15 is 0 Å². The summed E-state index contributed by atoms with van der Waals surface area (Å²) in [5.74, 6) is 1.12. The van der Waals surface area contributed by atoms with Crippen LogP contribution in [0.2, 0.25) is 0 Å². The van der Waals surface area contributed by atoms with Gasteiger partial charge in [0.25, 0.3) is 0 Å². The number of phenols is 2. The molecule has 0 fully saturated rings. The third-order valence-electron chi connectivity index (χ3n) is 5.69. The fourth-order valence-corrected chi connectivity index (χ4v) is 3.63.